The van der Waals surface area contributed by atoms with Gasteiger partial charge in [0.1, 0.15) is 12.3 Å². The average molecular weight is 476 g/mol. The highest BCUT2D eigenvalue weighted by Crippen LogP contribution is 2.35. The Kier molecular flexibility index (Phi) is 7.35. The van der Waals surface area contributed by atoms with Crippen LogP contribution in [0.1, 0.15) is 39.3 Å². The minimum Gasteiger partial charge on any atom is -0.493 e. The van der Waals surface area contributed by atoms with E-state index in [9.17, 15) is 9.59 Å². The summed E-state index contributed by atoms with van der Waals surface area (Å²) >= 11 is 1.67. The Morgan fingerprint density at radius 2 is 1.79 bits per heavy atom. The number of fused-ring (bicyclic) bond motifs is 1. The Balaban J connectivity index is 1.46. The summed E-state index contributed by atoms with van der Waals surface area (Å²) in [4.78, 5) is 30.1. The van der Waals surface area contributed by atoms with Crippen molar-refractivity contribution in [2.75, 3.05) is 20.3 Å². The van der Waals surface area contributed by atoms with Gasteiger partial charge < -0.3 is 14.6 Å². The van der Waals surface area contributed by atoms with E-state index >= 15 is 0 Å². The van der Waals surface area contributed by atoms with Crippen molar-refractivity contribution in [1.82, 2.24) is 4.98 Å². The fraction of sp³-hybridized carbons (Fsp3) is 0.222. The van der Waals surface area contributed by atoms with Gasteiger partial charge in [0.25, 0.3) is 0 Å². The molecule has 0 radical (unpaired) electrons. The van der Waals surface area contributed by atoms with Gasteiger partial charge in [0.2, 0.25) is 0 Å². The molecule has 34 heavy (non-hydrogen) atoms. The predicted molar refractivity (Wildman–Crippen MR) is 133 cm³/mol. The summed E-state index contributed by atoms with van der Waals surface area (Å²) in [6.45, 7) is 2.09. The minimum absolute atomic E-state index is 0.0594. The lowest BCUT2D eigenvalue weighted by atomic mass is 10.0. The highest BCUT2D eigenvalue weighted by atomic mass is 32.1. The van der Waals surface area contributed by atoms with Crippen LogP contribution in [-0.2, 0) is 0 Å². The lowest BCUT2D eigenvalue weighted by molar-refractivity contribution is 0.0915. The molecule has 174 valence electrons. The number of Topliss-reactive ketones (excluding diaryl/α,β-unsaturated/α-hetero) is 2. The van der Waals surface area contributed by atoms with Crippen LogP contribution in [0.4, 0.5) is 0 Å². The topological polar surface area (TPSA) is 85.7 Å². The van der Waals surface area contributed by atoms with Crippen LogP contribution >= 0.6 is 11.3 Å². The highest BCUT2D eigenvalue weighted by molar-refractivity contribution is 7.18. The standard InChI is InChI=1S/C27H25NO5S/c1-17-5-3-6-19-20(16-34-27(17)19)21-7-4-8-22(28-21)24(31)11-10-23(30)18-9-12-25(33-14-13-29)26(15-18)32-2/h3-9,12,15-16,29H,10-11,13-14H2,1-2H3. The molecule has 7 heteroatoms. The summed E-state index contributed by atoms with van der Waals surface area (Å²) in [5.74, 6) is 0.496. The Bertz CT molecular complexity index is 1340. The molecule has 0 amide bonds. The molecule has 0 spiro atoms. The van der Waals surface area contributed by atoms with Crippen molar-refractivity contribution in [1.29, 1.82) is 0 Å². The quantitative estimate of drug-likeness (QED) is 0.305. The molecule has 0 aliphatic rings. The van der Waals surface area contributed by atoms with E-state index in [1.807, 2.05) is 18.2 Å². The number of aliphatic hydroxyl groups excluding tert-OH is 1. The fourth-order valence-electron chi connectivity index (χ4n) is 3.76. The van der Waals surface area contributed by atoms with Gasteiger partial charge in [0.15, 0.2) is 23.1 Å². The second kappa shape index (κ2) is 10.6. The van der Waals surface area contributed by atoms with Gasteiger partial charge in [-0.25, -0.2) is 4.98 Å². The van der Waals surface area contributed by atoms with E-state index < -0.39 is 0 Å². The van der Waals surface area contributed by atoms with Crippen LogP contribution in [0.3, 0.4) is 0 Å². The number of ketones is 2. The molecule has 6 nitrogen and oxygen atoms in total. The summed E-state index contributed by atoms with van der Waals surface area (Å²) in [6.07, 6.45) is 0.120. The van der Waals surface area contributed by atoms with Gasteiger partial charge in [-0.15, -0.1) is 11.3 Å². The maximum atomic E-state index is 12.8. The van der Waals surface area contributed by atoms with E-state index in [-0.39, 0.29) is 37.6 Å². The third kappa shape index (κ3) is 5.00. The Morgan fingerprint density at radius 3 is 2.59 bits per heavy atom. The highest BCUT2D eigenvalue weighted by Gasteiger charge is 2.16. The third-order valence-electron chi connectivity index (χ3n) is 5.52. The van der Waals surface area contributed by atoms with Crippen LogP contribution in [0.2, 0.25) is 0 Å². The minimum atomic E-state index is -0.180. The van der Waals surface area contributed by atoms with Gasteiger partial charge in [-0.1, -0.05) is 24.3 Å². The number of methoxy groups -OCH3 is 1. The molecule has 4 rings (SSSR count). The van der Waals surface area contributed by atoms with E-state index in [4.69, 9.17) is 14.6 Å². The molecule has 0 bridgehead atoms. The van der Waals surface area contributed by atoms with Gasteiger partial charge >= 0.3 is 0 Å². The number of carbonyl (C=O) groups excluding carboxylic acids is 2. The number of benzene rings is 2. The van der Waals surface area contributed by atoms with Gasteiger partial charge in [0, 0.05) is 39.4 Å². The molecule has 0 saturated carbocycles. The Morgan fingerprint density at radius 1 is 1.00 bits per heavy atom. The number of aliphatic hydroxyl groups is 1. The maximum absolute atomic E-state index is 12.8. The molecular weight excluding hydrogens is 450 g/mol. The molecule has 2 heterocycles. The molecule has 0 fully saturated rings. The summed E-state index contributed by atoms with van der Waals surface area (Å²) < 4.78 is 11.9. The monoisotopic (exact) mass is 475 g/mol. The van der Waals surface area contributed by atoms with Crippen molar-refractivity contribution >= 4 is 33.0 Å². The summed E-state index contributed by atoms with van der Waals surface area (Å²) in [5.41, 5.74) is 3.75. The molecule has 0 aliphatic heterocycles. The summed E-state index contributed by atoms with van der Waals surface area (Å²) in [7, 11) is 1.48. The van der Waals surface area contributed by atoms with E-state index in [0.29, 0.717) is 22.8 Å². The van der Waals surface area contributed by atoms with E-state index in [1.54, 1.807) is 35.6 Å². The second-order valence-electron chi connectivity index (χ2n) is 7.79. The molecule has 0 atom stereocenters. The Labute approximate surface area is 201 Å². The predicted octanol–water partition coefficient (Wildman–Crippen LogP) is 5.50. The van der Waals surface area contributed by atoms with Crippen LogP contribution in [0.5, 0.6) is 11.5 Å². The van der Waals surface area contributed by atoms with Crippen molar-refractivity contribution in [3.8, 4) is 22.8 Å². The van der Waals surface area contributed by atoms with Crippen molar-refractivity contribution in [2.45, 2.75) is 19.8 Å². The number of hydrogen-bond donors (Lipinski definition) is 1. The first-order valence-corrected chi connectivity index (χ1v) is 11.8. The van der Waals surface area contributed by atoms with Crippen molar-refractivity contribution in [3.05, 3.63) is 76.8 Å². The normalized spacial score (nSPS) is 10.9. The molecular formula is C27H25NO5S. The van der Waals surface area contributed by atoms with Crippen molar-refractivity contribution < 1.29 is 24.2 Å². The number of ether oxygens (including phenoxy) is 2. The zero-order valence-corrected chi connectivity index (χ0v) is 19.9. The second-order valence-corrected chi connectivity index (χ2v) is 8.67. The van der Waals surface area contributed by atoms with Crippen molar-refractivity contribution in [2.24, 2.45) is 0 Å². The van der Waals surface area contributed by atoms with Gasteiger partial charge in [-0.2, -0.15) is 0 Å². The summed E-state index contributed by atoms with van der Waals surface area (Å²) in [6, 6.07) is 16.4. The molecule has 0 aliphatic carbocycles. The number of carbonyl (C=O) groups is 2. The fourth-order valence-corrected chi connectivity index (χ4v) is 4.80. The van der Waals surface area contributed by atoms with Crippen LogP contribution in [0, 0.1) is 6.92 Å². The number of thiophene rings is 1. The van der Waals surface area contributed by atoms with E-state index in [0.717, 1.165) is 16.6 Å². The lowest BCUT2D eigenvalue weighted by Crippen LogP contribution is -2.08. The van der Waals surface area contributed by atoms with Crippen LogP contribution in [-0.4, -0.2) is 42.0 Å². The van der Waals surface area contributed by atoms with Crippen LogP contribution in [0.25, 0.3) is 21.3 Å². The molecule has 2 aromatic carbocycles. The number of pyridine rings is 1. The van der Waals surface area contributed by atoms with Crippen LogP contribution < -0.4 is 9.47 Å². The number of nitrogens with zero attached hydrogens (tertiary/aromatic N) is 1. The lowest BCUT2D eigenvalue weighted by Gasteiger charge is -2.11. The zero-order chi connectivity index (χ0) is 24.1. The number of rotatable bonds is 10. The van der Waals surface area contributed by atoms with E-state index in [1.165, 1.54) is 17.4 Å². The zero-order valence-electron chi connectivity index (χ0n) is 19.0. The first-order valence-electron chi connectivity index (χ1n) is 10.9. The maximum Gasteiger partial charge on any atom is 0.181 e. The molecule has 2 aromatic heterocycles. The average Bonchev–Trinajstić information content (AvgIpc) is 3.31. The van der Waals surface area contributed by atoms with Crippen molar-refractivity contribution in [3.63, 3.8) is 0 Å². The van der Waals surface area contributed by atoms with Gasteiger partial charge in [-0.05, 0) is 42.8 Å². The molecule has 0 saturated heterocycles. The number of hydrogen-bond acceptors (Lipinski definition) is 7. The Hall–Kier alpha value is -3.55. The SMILES string of the molecule is COc1cc(C(=O)CCC(=O)c2cccc(-c3csc4c(C)cccc34)n2)ccc1OCCO. The molecule has 1 N–H and O–H groups in total. The first kappa shape index (κ1) is 23.6. The summed E-state index contributed by atoms with van der Waals surface area (Å²) in [5, 5.41) is 12.1. The van der Waals surface area contributed by atoms with Crippen LogP contribution in [0.15, 0.2) is 60.0 Å². The first-order chi connectivity index (χ1) is 16.5. The third-order valence-corrected chi connectivity index (χ3v) is 6.65. The smallest absolute Gasteiger partial charge is 0.181 e. The number of aromatic nitrogens is 1. The van der Waals surface area contributed by atoms with Gasteiger partial charge in [0.05, 0.1) is 19.4 Å². The molecule has 0 unspecified atom stereocenters. The van der Waals surface area contributed by atoms with Gasteiger partial charge in [-0.3, -0.25) is 9.59 Å². The molecule has 4 aromatic rings. The largest absolute Gasteiger partial charge is 0.493 e. The number of aryl methyl sites for hydroxylation is 1. The van der Waals surface area contributed by atoms with E-state index in [2.05, 4.69) is 29.4 Å².